The molecule has 2 rings (SSSR count). The second-order valence-corrected chi connectivity index (χ2v) is 5.01. The van der Waals surface area contributed by atoms with E-state index < -0.39 is 0 Å². The molecular formula is C15H19NO2. The molecule has 1 amide bonds. The number of rotatable bonds is 2. The van der Waals surface area contributed by atoms with Gasteiger partial charge in [0.25, 0.3) is 0 Å². The van der Waals surface area contributed by atoms with Crippen LogP contribution in [0.15, 0.2) is 18.2 Å². The number of carbonyl (C=O) groups is 2. The number of likely N-dealkylation sites (tertiary alicyclic amines) is 1. The zero-order valence-electron chi connectivity index (χ0n) is 11.0. The fourth-order valence-electron chi connectivity index (χ4n) is 2.21. The van der Waals surface area contributed by atoms with Crippen molar-refractivity contribution in [2.75, 3.05) is 13.1 Å². The Morgan fingerprint density at radius 2 is 1.83 bits per heavy atom. The summed E-state index contributed by atoms with van der Waals surface area (Å²) >= 11 is 0. The van der Waals surface area contributed by atoms with Crippen molar-refractivity contribution in [3.8, 4) is 0 Å². The lowest BCUT2D eigenvalue weighted by molar-refractivity contribution is -0.133. The average molecular weight is 245 g/mol. The molecule has 0 atom stereocenters. The van der Waals surface area contributed by atoms with Gasteiger partial charge in [-0.2, -0.15) is 0 Å². The van der Waals surface area contributed by atoms with Gasteiger partial charge in [-0.25, -0.2) is 0 Å². The molecule has 1 aromatic carbocycles. The maximum absolute atomic E-state index is 12.1. The first-order valence-electron chi connectivity index (χ1n) is 6.42. The van der Waals surface area contributed by atoms with Crippen LogP contribution < -0.4 is 0 Å². The molecule has 0 aliphatic carbocycles. The van der Waals surface area contributed by atoms with E-state index in [0.29, 0.717) is 32.4 Å². The molecule has 1 heterocycles. The summed E-state index contributed by atoms with van der Waals surface area (Å²) in [4.78, 5) is 25.0. The van der Waals surface area contributed by atoms with Crippen molar-refractivity contribution in [1.29, 1.82) is 0 Å². The molecule has 1 fully saturated rings. The maximum atomic E-state index is 12.1. The van der Waals surface area contributed by atoms with Crippen molar-refractivity contribution >= 4 is 11.7 Å². The van der Waals surface area contributed by atoms with E-state index in [1.165, 1.54) is 11.1 Å². The van der Waals surface area contributed by atoms with Crippen LogP contribution in [0.25, 0.3) is 0 Å². The molecule has 3 heteroatoms. The van der Waals surface area contributed by atoms with Crippen LogP contribution in [0.2, 0.25) is 0 Å². The molecular weight excluding hydrogens is 226 g/mol. The Kier molecular flexibility index (Phi) is 3.80. The highest BCUT2D eigenvalue weighted by atomic mass is 16.2. The first-order valence-corrected chi connectivity index (χ1v) is 6.42. The Balaban J connectivity index is 1.98. The Hall–Kier alpha value is -1.64. The smallest absolute Gasteiger partial charge is 0.227 e. The van der Waals surface area contributed by atoms with Gasteiger partial charge in [0.1, 0.15) is 5.78 Å². The molecule has 0 radical (unpaired) electrons. The Morgan fingerprint density at radius 1 is 1.17 bits per heavy atom. The van der Waals surface area contributed by atoms with Gasteiger partial charge in [0, 0.05) is 25.9 Å². The van der Waals surface area contributed by atoms with Crippen LogP contribution >= 0.6 is 0 Å². The highest BCUT2D eigenvalue weighted by Gasteiger charge is 2.20. The number of carbonyl (C=O) groups excluding carboxylic acids is 2. The van der Waals surface area contributed by atoms with Crippen molar-refractivity contribution in [3.63, 3.8) is 0 Å². The molecule has 96 valence electrons. The van der Waals surface area contributed by atoms with Crippen LogP contribution in [-0.4, -0.2) is 29.7 Å². The van der Waals surface area contributed by atoms with E-state index in [-0.39, 0.29) is 11.7 Å². The summed E-state index contributed by atoms with van der Waals surface area (Å²) in [6.07, 6.45) is 1.46. The topological polar surface area (TPSA) is 37.4 Å². The number of hydrogen-bond donors (Lipinski definition) is 0. The highest BCUT2D eigenvalue weighted by molar-refractivity contribution is 5.84. The van der Waals surface area contributed by atoms with Crippen molar-refractivity contribution in [1.82, 2.24) is 4.90 Å². The maximum Gasteiger partial charge on any atom is 0.227 e. The monoisotopic (exact) mass is 245 g/mol. The third kappa shape index (κ3) is 2.97. The first-order chi connectivity index (χ1) is 8.56. The summed E-state index contributed by atoms with van der Waals surface area (Å²) in [6.45, 7) is 5.30. The van der Waals surface area contributed by atoms with Crippen LogP contribution in [0.5, 0.6) is 0 Å². The number of aryl methyl sites for hydroxylation is 2. The lowest BCUT2D eigenvalue weighted by atomic mass is 10.0. The van der Waals surface area contributed by atoms with Gasteiger partial charge < -0.3 is 4.90 Å². The number of hydrogen-bond acceptors (Lipinski definition) is 2. The second kappa shape index (κ2) is 5.34. The first kappa shape index (κ1) is 12.8. The largest absolute Gasteiger partial charge is 0.342 e. The molecule has 0 aromatic heterocycles. The Morgan fingerprint density at radius 3 is 2.44 bits per heavy atom. The van der Waals surface area contributed by atoms with Gasteiger partial charge in [0.05, 0.1) is 6.42 Å². The van der Waals surface area contributed by atoms with Gasteiger partial charge in [-0.3, -0.25) is 9.59 Å². The third-order valence-corrected chi connectivity index (χ3v) is 3.60. The van der Waals surface area contributed by atoms with Gasteiger partial charge in [-0.1, -0.05) is 18.2 Å². The minimum absolute atomic E-state index is 0.130. The van der Waals surface area contributed by atoms with Gasteiger partial charge >= 0.3 is 0 Å². The molecule has 0 spiro atoms. The fourth-order valence-corrected chi connectivity index (χ4v) is 2.21. The molecule has 1 saturated heterocycles. The van der Waals surface area contributed by atoms with E-state index in [2.05, 4.69) is 26.0 Å². The van der Waals surface area contributed by atoms with Crippen LogP contribution in [0.3, 0.4) is 0 Å². The van der Waals surface area contributed by atoms with Crippen LogP contribution in [0, 0.1) is 13.8 Å². The molecule has 0 N–H and O–H groups in total. The molecule has 1 aliphatic heterocycles. The van der Waals surface area contributed by atoms with Crippen molar-refractivity contribution in [2.45, 2.75) is 33.1 Å². The SMILES string of the molecule is Cc1ccc(CC(=O)N2CCC(=O)CC2)cc1C. The number of amides is 1. The summed E-state index contributed by atoms with van der Waals surface area (Å²) in [6, 6.07) is 6.13. The normalized spacial score (nSPS) is 15.9. The van der Waals surface area contributed by atoms with Gasteiger partial charge in [-0.15, -0.1) is 0 Å². The average Bonchev–Trinajstić information content (AvgIpc) is 2.34. The summed E-state index contributed by atoms with van der Waals surface area (Å²) in [7, 11) is 0. The van der Waals surface area contributed by atoms with Crippen molar-refractivity contribution < 1.29 is 9.59 Å². The molecule has 18 heavy (non-hydrogen) atoms. The van der Waals surface area contributed by atoms with Crippen molar-refractivity contribution in [3.05, 3.63) is 34.9 Å². The molecule has 1 aliphatic rings. The summed E-state index contributed by atoms with van der Waals surface area (Å²) in [5, 5.41) is 0. The Bertz CT molecular complexity index is 469. The molecule has 0 saturated carbocycles. The summed E-state index contributed by atoms with van der Waals surface area (Å²) in [5.41, 5.74) is 3.52. The van der Waals surface area contributed by atoms with Gasteiger partial charge in [0.15, 0.2) is 0 Å². The fraction of sp³-hybridized carbons (Fsp3) is 0.467. The number of benzene rings is 1. The van der Waals surface area contributed by atoms with E-state index in [9.17, 15) is 9.59 Å². The lowest BCUT2D eigenvalue weighted by Gasteiger charge is -2.26. The predicted octanol–water partition coefficient (Wildman–Crippen LogP) is 2.04. The van der Waals surface area contributed by atoms with Gasteiger partial charge in [0.2, 0.25) is 5.91 Å². The molecule has 0 bridgehead atoms. The number of Topliss-reactive ketones (excluding diaryl/α,β-unsaturated/α-hetero) is 1. The highest BCUT2D eigenvalue weighted by Crippen LogP contribution is 2.13. The molecule has 3 nitrogen and oxygen atoms in total. The minimum atomic E-state index is 0.130. The number of nitrogens with zero attached hydrogens (tertiary/aromatic N) is 1. The van der Waals surface area contributed by atoms with Crippen LogP contribution in [0.1, 0.15) is 29.5 Å². The predicted molar refractivity (Wildman–Crippen MR) is 70.4 cm³/mol. The quantitative estimate of drug-likeness (QED) is 0.799. The van der Waals surface area contributed by atoms with E-state index in [4.69, 9.17) is 0 Å². The van der Waals surface area contributed by atoms with Gasteiger partial charge in [-0.05, 0) is 30.5 Å². The lowest BCUT2D eigenvalue weighted by Crippen LogP contribution is -2.39. The van der Waals surface area contributed by atoms with Crippen LogP contribution in [-0.2, 0) is 16.0 Å². The van der Waals surface area contributed by atoms with Crippen LogP contribution in [0.4, 0.5) is 0 Å². The summed E-state index contributed by atoms with van der Waals surface area (Å²) < 4.78 is 0. The van der Waals surface area contributed by atoms with E-state index in [1.807, 2.05) is 6.07 Å². The third-order valence-electron chi connectivity index (χ3n) is 3.60. The molecule has 0 unspecified atom stereocenters. The van der Waals surface area contributed by atoms with Crippen molar-refractivity contribution in [2.24, 2.45) is 0 Å². The minimum Gasteiger partial charge on any atom is -0.342 e. The second-order valence-electron chi connectivity index (χ2n) is 5.01. The van der Waals surface area contributed by atoms with E-state index in [1.54, 1.807) is 4.90 Å². The number of piperidine rings is 1. The molecule has 1 aromatic rings. The standard InChI is InChI=1S/C15H19NO2/c1-11-3-4-13(9-12(11)2)10-15(18)16-7-5-14(17)6-8-16/h3-4,9H,5-8,10H2,1-2H3. The zero-order valence-corrected chi connectivity index (χ0v) is 11.0. The zero-order chi connectivity index (χ0) is 13.1. The van der Waals surface area contributed by atoms with E-state index >= 15 is 0 Å². The Labute approximate surface area is 108 Å². The number of ketones is 1. The summed E-state index contributed by atoms with van der Waals surface area (Å²) in [5.74, 6) is 0.399. The van der Waals surface area contributed by atoms with E-state index in [0.717, 1.165) is 5.56 Å².